The Morgan fingerprint density at radius 1 is 1.38 bits per heavy atom. The van der Waals surface area contributed by atoms with E-state index in [1.54, 1.807) is 13.0 Å². The van der Waals surface area contributed by atoms with Crippen molar-refractivity contribution in [3.8, 4) is 11.5 Å². The molecule has 4 heteroatoms. The molecule has 0 saturated heterocycles. The fourth-order valence-electron chi connectivity index (χ4n) is 1.59. The summed E-state index contributed by atoms with van der Waals surface area (Å²) in [6.07, 6.45) is 0.589. The van der Waals surface area contributed by atoms with E-state index in [9.17, 15) is 9.90 Å². The number of benzene rings is 1. The number of carbonyl (C=O) groups excluding carboxylic acids is 1. The van der Waals surface area contributed by atoms with E-state index in [4.69, 9.17) is 9.47 Å². The number of methoxy groups -OCH3 is 1. The third-order valence-electron chi connectivity index (χ3n) is 2.29. The number of esters is 1. The van der Waals surface area contributed by atoms with E-state index in [1.807, 2.05) is 6.92 Å². The molecule has 4 nitrogen and oxygen atoms in total. The molecule has 88 valence electrons. The summed E-state index contributed by atoms with van der Waals surface area (Å²) in [7, 11) is 1.46. The highest BCUT2D eigenvalue weighted by Crippen LogP contribution is 2.33. The highest BCUT2D eigenvalue weighted by atomic mass is 16.5. The maximum atomic E-state index is 11.6. The van der Waals surface area contributed by atoms with Crippen molar-refractivity contribution in [3.63, 3.8) is 0 Å². The molecular weight excluding hydrogens is 208 g/mol. The molecule has 0 heterocycles. The van der Waals surface area contributed by atoms with Crippen molar-refractivity contribution >= 4 is 5.97 Å². The minimum atomic E-state index is -0.391. The Kier molecular flexibility index (Phi) is 4.17. The normalized spacial score (nSPS) is 9.94. The molecule has 0 aliphatic heterocycles. The largest absolute Gasteiger partial charge is 0.504 e. The third-order valence-corrected chi connectivity index (χ3v) is 2.29. The lowest BCUT2D eigenvalue weighted by atomic mass is 10.0. The zero-order chi connectivity index (χ0) is 12.1. The molecule has 0 aliphatic carbocycles. The third kappa shape index (κ3) is 2.27. The second kappa shape index (κ2) is 5.39. The van der Waals surface area contributed by atoms with Gasteiger partial charge in [0.1, 0.15) is 0 Å². The monoisotopic (exact) mass is 224 g/mol. The van der Waals surface area contributed by atoms with Crippen LogP contribution in [-0.4, -0.2) is 24.8 Å². The van der Waals surface area contributed by atoms with Gasteiger partial charge in [0, 0.05) is 5.56 Å². The van der Waals surface area contributed by atoms with Gasteiger partial charge in [0.25, 0.3) is 0 Å². The summed E-state index contributed by atoms with van der Waals surface area (Å²) < 4.78 is 10.0. The quantitative estimate of drug-likeness (QED) is 0.796. The van der Waals surface area contributed by atoms with Gasteiger partial charge >= 0.3 is 5.97 Å². The van der Waals surface area contributed by atoms with Crippen LogP contribution in [-0.2, 0) is 11.2 Å². The summed E-state index contributed by atoms with van der Waals surface area (Å²) in [5, 5.41) is 9.58. The van der Waals surface area contributed by atoms with Gasteiger partial charge in [-0.2, -0.15) is 0 Å². The molecule has 0 aromatic heterocycles. The van der Waals surface area contributed by atoms with Gasteiger partial charge in [-0.3, -0.25) is 0 Å². The highest BCUT2D eigenvalue weighted by molar-refractivity contribution is 5.92. The second-order valence-corrected chi connectivity index (χ2v) is 3.22. The predicted octanol–water partition coefficient (Wildman–Crippen LogP) is 2.14. The summed E-state index contributed by atoms with van der Waals surface area (Å²) in [6, 6.07) is 2.99. The first kappa shape index (κ1) is 12.4. The van der Waals surface area contributed by atoms with Gasteiger partial charge in [-0.05, 0) is 25.5 Å². The van der Waals surface area contributed by atoms with Crippen LogP contribution in [0.5, 0.6) is 11.5 Å². The standard InChI is InChI=1S/C12H16O4/c1-4-8-9(12(14)16-5-2)6-7-10(13)11(8)15-3/h6-7,13H,4-5H2,1-3H3. The molecule has 0 unspecified atom stereocenters. The zero-order valence-electron chi connectivity index (χ0n) is 9.74. The van der Waals surface area contributed by atoms with E-state index in [-0.39, 0.29) is 5.75 Å². The molecular formula is C12H16O4. The lowest BCUT2D eigenvalue weighted by Crippen LogP contribution is -2.09. The molecule has 0 aliphatic rings. The molecule has 0 bridgehead atoms. The van der Waals surface area contributed by atoms with Crippen LogP contribution in [0.3, 0.4) is 0 Å². The first-order chi connectivity index (χ1) is 7.65. The van der Waals surface area contributed by atoms with Gasteiger partial charge in [0.2, 0.25) is 0 Å². The number of ether oxygens (including phenoxy) is 2. The Hall–Kier alpha value is -1.71. The number of rotatable bonds is 4. The molecule has 1 aromatic carbocycles. The number of hydrogen-bond acceptors (Lipinski definition) is 4. The van der Waals surface area contributed by atoms with Crippen LogP contribution in [0, 0.1) is 0 Å². The lowest BCUT2D eigenvalue weighted by Gasteiger charge is -2.12. The minimum absolute atomic E-state index is 0.0346. The van der Waals surface area contributed by atoms with E-state index in [1.165, 1.54) is 13.2 Å². The first-order valence-corrected chi connectivity index (χ1v) is 5.21. The van der Waals surface area contributed by atoms with E-state index < -0.39 is 5.97 Å². The van der Waals surface area contributed by atoms with E-state index in [0.29, 0.717) is 29.9 Å². The predicted molar refractivity (Wildman–Crippen MR) is 60.0 cm³/mol. The van der Waals surface area contributed by atoms with Crippen molar-refractivity contribution in [1.29, 1.82) is 0 Å². The van der Waals surface area contributed by atoms with Crippen LogP contribution in [0.15, 0.2) is 12.1 Å². The zero-order valence-corrected chi connectivity index (χ0v) is 9.74. The van der Waals surface area contributed by atoms with Gasteiger partial charge in [-0.15, -0.1) is 0 Å². The van der Waals surface area contributed by atoms with Gasteiger partial charge < -0.3 is 14.6 Å². The van der Waals surface area contributed by atoms with Crippen LogP contribution < -0.4 is 4.74 Å². The lowest BCUT2D eigenvalue weighted by molar-refractivity contribution is 0.0524. The Labute approximate surface area is 94.8 Å². The van der Waals surface area contributed by atoms with Crippen molar-refractivity contribution in [1.82, 2.24) is 0 Å². The summed E-state index contributed by atoms with van der Waals surface area (Å²) >= 11 is 0. The summed E-state index contributed by atoms with van der Waals surface area (Å²) in [5.41, 5.74) is 1.11. The fraction of sp³-hybridized carbons (Fsp3) is 0.417. The second-order valence-electron chi connectivity index (χ2n) is 3.22. The van der Waals surface area contributed by atoms with Crippen LogP contribution in [0.1, 0.15) is 29.8 Å². The Morgan fingerprint density at radius 2 is 2.06 bits per heavy atom. The summed E-state index contributed by atoms with van der Waals surface area (Å²) in [5.74, 6) is -0.0156. The number of phenolic OH excluding ortho intramolecular Hbond substituents is 1. The van der Waals surface area contributed by atoms with Gasteiger partial charge in [-0.1, -0.05) is 6.92 Å². The van der Waals surface area contributed by atoms with Gasteiger partial charge in [-0.25, -0.2) is 4.79 Å². The Bertz CT molecular complexity index is 385. The maximum Gasteiger partial charge on any atom is 0.338 e. The van der Waals surface area contributed by atoms with E-state index in [2.05, 4.69) is 0 Å². The maximum absolute atomic E-state index is 11.6. The molecule has 0 atom stereocenters. The summed E-state index contributed by atoms with van der Waals surface area (Å²) in [4.78, 5) is 11.6. The van der Waals surface area contributed by atoms with Crippen LogP contribution in [0.2, 0.25) is 0 Å². The summed E-state index contributed by atoms with van der Waals surface area (Å²) in [6.45, 7) is 3.96. The topological polar surface area (TPSA) is 55.8 Å². The van der Waals surface area contributed by atoms with Crippen molar-refractivity contribution < 1.29 is 19.4 Å². The van der Waals surface area contributed by atoms with E-state index in [0.717, 1.165) is 0 Å². The number of carbonyl (C=O) groups is 1. The van der Waals surface area contributed by atoms with Crippen LogP contribution in [0.4, 0.5) is 0 Å². The van der Waals surface area contributed by atoms with Crippen LogP contribution >= 0.6 is 0 Å². The molecule has 0 radical (unpaired) electrons. The number of aromatic hydroxyl groups is 1. The smallest absolute Gasteiger partial charge is 0.338 e. The van der Waals surface area contributed by atoms with Gasteiger partial charge in [0.15, 0.2) is 11.5 Å². The Balaban J connectivity index is 3.24. The molecule has 1 aromatic rings. The SMILES string of the molecule is CCOC(=O)c1ccc(O)c(OC)c1CC. The van der Waals surface area contributed by atoms with Gasteiger partial charge in [0.05, 0.1) is 19.3 Å². The van der Waals surface area contributed by atoms with Crippen LogP contribution in [0.25, 0.3) is 0 Å². The average Bonchev–Trinajstić information content (AvgIpc) is 2.28. The molecule has 0 amide bonds. The first-order valence-electron chi connectivity index (χ1n) is 5.21. The molecule has 0 spiro atoms. The van der Waals surface area contributed by atoms with Crippen molar-refractivity contribution in [2.45, 2.75) is 20.3 Å². The molecule has 0 saturated carbocycles. The highest BCUT2D eigenvalue weighted by Gasteiger charge is 2.18. The molecule has 1 N–H and O–H groups in total. The van der Waals surface area contributed by atoms with Crippen molar-refractivity contribution in [2.24, 2.45) is 0 Å². The molecule has 16 heavy (non-hydrogen) atoms. The molecule has 1 rings (SSSR count). The fourth-order valence-corrected chi connectivity index (χ4v) is 1.59. The van der Waals surface area contributed by atoms with E-state index >= 15 is 0 Å². The van der Waals surface area contributed by atoms with Crippen molar-refractivity contribution in [2.75, 3.05) is 13.7 Å². The Morgan fingerprint density at radius 3 is 2.56 bits per heavy atom. The van der Waals surface area contributed by atoms with Crippen molar-refractivity contribution in [3.05, 3.63) is 23.3 Å². The average molecular weight is 224 g/mol. The number of hydrogen-bond donors (Lipinski definition) is 1. The number of phenols is 1. The molecule has 0 fully saturated rings. The minimum Gasteiger partial charge on any atom is -0.504 e.